The molecule has 4 heteroatoms. The maximum atomic E-state index is 11.4. The van der Waals surface area contributed by atoms with Gasteiger partial charge in [0.25, 0.3) is 0 Å². The molecular weight excluding hydrogens is 196 g/mol. The predicted molar refractivity (Wildman–Crippen MR) is 53.0 cm³/mol. The Morgan fingerprint density at radius 2 is 2.20 bits per heavy atom. The van der Waals surface area contributed by atoms with Crippen LogP contribution in [0.1, 0.15) is 6.92 Å². The highest BCUT2D eigenvalue weighted by Gasteiger charge is 2.28. The molecule has 0 spiro atoms. The van der Waals surface area contributed by atoms with Crippen LogP contribution >= 0.6 is 0 Å². The van der Waals surface area contributed by atoms with Crippen LogP contribution < -0.4 is 9.47 Å². The number of esters is 1. The summed E-state index contributed by atoms with van der Waals surface area (Å²) in [7, 11) is 0. The van der Waals surface area contributed by atoms with Crippen LogP contribution in [-0.2, 0) is 9.53 Å². The lowest BCUT2D eigenvalue weighted by Gasteiger charge is -2.24. The second kappa shape index (κ2) is 4.21. The van der Waals surface area contributed by atoms with E-state index >= 15 is 0 Å². The minimum Gasteiger partial charge on any atom is -0.485 e. The van der Waals surface area contributed by atoms with Gasteiger partial charge < -0.3 is 14.2 Å². The zero-order chi connectivity index (χ0) is 10.7. The van der Waals surface area contributed by atoms with E-state index in [-0.39, 0.29) is 12.6 Å². The topological polar surface area (TPSA) is 44.8 Å². The highest BCUT2D eigenvalue weighted by Crippen LogP contribution is 2.30. The summed E-state index contributed by atoms with van der Waals surface area (Å²) < 4.78 is 15.7. The lowest BCUT2D eigenvalue weighted by molar-refractivity contribution is -0.153. The van der Waals surface area contributed by atoms with E-state index in [1.165, 1.54) is 0 Å². The largest absolute Gasteiger partial charge is 0.485 e. The van der Waals surface area contributed by atoms with E-state index in [0.717, 1.165) is 0 Å². The molecule has 1 atom stereocenters. The maximum Gasteiger partial charge on any atom is 0.350 e. The fraction of sp³-hybridized carbons (Fsp3) is 0.364. The van der Waals surface area contributed by atoms with Crippen molar-refractivity contribution in [1.82, 2.24) is 0 Å². The number of carbonyl (C=O) groups is 1. The van der Waals surface area contributed by atoms with Crippen molar-refractivity contribution < 1.29 is 19.0 Å². The van der Waals surface area contributed by atoms with Gasteiger partial charge in [-0.2, -0.15) is 0 Å². The van der Waals surface area contributed by atoms with Crippen molar-refractivity contribution in [2.24, 2.45) is 0 Å². The van der Waals surface area contributed by atoms with Gasteiger partial charge in [0, 0.05) is 0 Å². The van der Waals surface area contributed by atoms with Crippen molar-refractivity contribution in [2.75, 3.05) is 13.2 Å². The van der Waals surface area contributed by atoms with Crippen LogP contribution in [0.25, 0.3) is 0 Å². The average Bonchev–Trinajstić information content (AvgIpc) is 2.29. The Bertz CT molecular complexity index is 361. The van der Waals surface area contributed by atoms with Crippen molar-refractivity contribution in [3.63, 3.8) is 0 Å². The van der Waals surface area contributed by atoms with Gasteiger partial charge in [0.2, 0.25) is 6.10 Å². The molecule has 1 aliphatic heterocycles. The van der Waals surface area contributed by atoms with Gasteiger partial charge in [0.05, 0.1) is 6.61 Å². The van der Waals surface area contributed by atoms with E-state index in [1.54, 1.807) is 19.1 Å². The van der Waals surface area contributed by atoms with Gasteiger partial charge in [0.1, 0.15) is 6.61 Å². The molecular formula is C11H12O4. The van der Waals surface area contributed by atoms with E-state index in [9.17, 15) is 4.79 Å². The third-order valence-electron chi connectivity index (χ3n) is 2.06. The van der Waals surface area contributed by atoms with Gasteiger partial charge in [0.15, 0.2) is 11.5 Å². The number of ether oxygens (including phenoxy) is 3. The maximum absolute atomic E-state index is 11.4. The fourth-order valence-corrected chi connectivity index (χ4v) is 1.37. The highest BCUT2D eigenvalue weighted by atomic mass is 16.6. The van der Waals surface area contributed by atoms with E-state index in [4.69, 9.17) is 14.2 Å². The minimum atomic E-state index is -0.653. The molecule has 0 saturated carbocycles. The number of carbonyl (C=O) groups excluding carboxylic acids is 1. The molecule has 0 fully saturated rings. The minimum absolute atomic E-state index is 0.204. The first kappa shape index (κ1) is 9.83. The summed E-state index contributed by atoms with van der Waals surface area (Å²) in [5.41, 5.74) is 0. The summed E-state index contributed by atoms with van der Waals surface area (Å²) in [5, 5.41) is 0. The van der Waals surface area contributed by atoms with E-state index in [1.807, 2.05) is 12.1 Å². The quantitative estimate of drug-likeness (QED) is 0.689. The lowest BCUT2D eigenvalue weighted by Crippen LogP contribution is -2.37. The molecule has 0 saturated heterocycles. The first-order valence-corrected chi connectivity index (χ1v) is 4.86. The summed E-state index contributed by atoms with van der Waals surface area (Å²) in [4.78, 5) is 11.4. The molecule has 0 aromatic heterocycles. The van der Waals surface area contributed by atoms with Gasteiger partial charge in [-0.1, -0.05) is 12.1 Å². The number of fused-ring (bicyclic) bond motifs is 1. The SMILES string of the molecule is CCOC(=O)[C@H]1COc2ccccc2O1. The molecule has 0 N–H and O–H groups in total. The molecule has 1 aromatic rings. The van der Waals surface area contributed by atoms with Crippen LogP contribution in [0.2, 0.25) is 0 Å². The molecule has 1 aliphatic rings. The fourth-order valence-electron chi connectivity index (χ4n) is 1.37. The summed E-state index contributed by atoms with van der Waals surface area (Å²) in [6.07, 6.45) is -0.653. The Hall–Kier alpha value is -1.71. The number of para-hydroxylation sites is 2. The molecule has 0 aliphatic carbocycles. The third-order valence-corrected chi connectivity index (χ3v) is 2.06. The first-order valence-electron chi connectivity index (χ1n) is 4.86. The summed E-state index contributed by atoms with van der Waals surface area (Å²) in [6, 6.07) is 7.25. The number of hydrogen-bond acceptors (Lipinski definition) is 4. The van der Waals surface area contributed by atoms with Gasteiger partial charge >= 0.3 is 5.97 Å². The smallest absolute Gasteiger partial charge is 0.350 e. The third kappa shape index (κ3) is 2.03. The summed E-state index contributed by atoms with van der Waals surface area (Å²) >= 11 is 0. The highest BCUT2D eigenvalue weighted by molar-refractivity contribution is 5.75. The van der Waals surface area contributed by atoms with Gasteiger partial charge in [-0.05, 0) is 19.1 Å². The monoisotopic (exact) mass is 208 g/mol. The lowest BCUT2D eigenvalue weighted by atomic mass is 10.2. The number of rotatable bonds is 2. The van der Waals surface area contributed by atoms with Crippen molar-refractivity contribution in [2.45, 2.75) is 13.0 Å². The molecule has 0 amide bonds. The number of benzene rings is 1. The van der Waals surface area contributed by atoms with Crippen LogP contribution in [0.3, 0.4) is 0 Å². The summed E-state index contributed by atoms with van der Waals surface area (Å²) in [6.45, 7) is 2.31. The normalized spacial score (nSPS) is 18.3. The van der Waals surface area contributed by atoms with Crippen molar-refractivity contribution in [3.8, 4) is 11.5 Å². The standard InChI is InChI=1S/C11H12O4/c1-2-13-11(12)10-7-14-8-5-3-4-6-9(8)15-10/h3-6,10H,2,7H2,1H3/t10-/m1/s1. The van der Waals surface area contributed by atoms with Crippen molar-refractivity contribution >= 4 is 5.97 Å². The van der Waals surface area contributed by atoms with Crippen LogP contribution in [-0.4, -0.2) is 25.3 Å². The van der Waals surface area contributed by atoms with E-state index < -0.39 is 6.10 Å². The molecule has 0 bridgehead atoms. The first-order chi connectivity index (χ1) is 7.31. The van der Waals surface area contributed by atoms with Crippen molar-refractivity contribution in [3.05, 3.63) is 24.3 Å². The van der Waals surface area contributed by atoms with Gasteiger partial charge in [-0.15, -0.1) is 0 Å². The second-order valence-electron chi connectivity index (χ2n) is 3.12. The molecule has 2 rings (SSSR count). The molecule has 4 nitrogen and oxygen atoms in total. The number of hydrogen-bond donors (Lipinski definition) is 0. The Labute approximate surface area is 87.8 Å². The average molecular weight is 208 g/mol. The van der Waals surface area contributed by atoms with Gasteiger partial charge in [-0.25, -0.2) is 4.79 Å². The van der Waals surface area contributed by atoms with Crippen LogP contribution in [0, 0.1) is 0 Å². The molecule has 1 heterocycles. The zero-order valence-corrected chi connectivity index (χ0v) is 8.43. The Morgan fingerprint density at radius 3 is 2.93 bits per heavy atom. The zero-order valence-electron chi connectivity index (χ0n) is 8.43. The van der Waals surface area contributed by atoms with Crippen LogP contribution in [0.15, 0.2) is 24.3 Å². The van der Waals surface area contributed by atoms with E-state index in [2.05, 4.69) is 0 Å². The Balaban J connectivity index is 2.08. The summed E-state index contributed by atoms with van der Waals surface area (Å²) in [5.74, 6) is 0.867. The second-order valence-corrected chi connectivity index (χ2v) is 3.12. The Kier molecular flexibility index (Phi) is 2.76. The predicted octanol–water partition coefficient (Wildman–Crippen LogP) is 1.39. The molecule has 15 heavy (non-hydrogen) atoms. The molecule has 0 radical (unpaired) electrons. The van der Waals surface area contributed by atoms with Crippen LogP contribution in [0.5, 0.6) is 11.5 Å². The Morgan fingerprint density at radius 1 is 1.47 bits per heavy atom. The van der Waals surface area contributed by atoms with Gasteiger partial charge in [-0.3, -0.25) is 0 Å². The van der Waals surface area contributed by atoms with Crippen molar-refractivity contribution in [1.29, 1.82) is 0 Å². The molecule has 0 unspecified atom stereocenters. The molecule has 1 aromatic carbocycles. The van der Waals surface area contributed by atoms with E-state index in [0.29, 0.717) is 18.1 Å². The molecule has 80 valence electrons. The van der Waals surface area contributed by atoms with Crippen LogP contribution in [0.4, 0.5) is 0 Å².